The molecule has 5 heteroatoms. The number of carboxylic acid groups (broad SMARTS) is 1. The lowest BCUT2D eigenvalue weighted by Gasteiger charge is -2.04. The van der Waals surface area contributed by atoms with E-state index in [0.29, 0.717) is 23.6 Å². The van der Waals surface area contributed by atoms with Gasteiger partial charge in [-0.3, -0.25) is 9.59 Å². The number of carboxylic acids is 1. The monoisotopic (exact) mass is 385 g/mol. The van der Waals surface area contributed by atoms with Gasteiger partial charge in [0.1, 0.15) is 11.5 Å². The molecule has 1 heterocycles. The maximum Gasteiger partial charge on any atom is 0.303 e. The highest BCUT2D eigenvalue weighted by atomic mass is 16.4. The summed E-state index contributed by atoms with van der Waals surface area (Å²) in [4.78, 5) is 22.8. The van der Waals surface area contributed by atoms with Crippen LogP contribution in [0.25, 0.3) is 11.3 Å². The van der Waals surface area contributed by atoms with Gasteiger partial charge in [0.2, 0.25) is 0 Å². The van der Waals surface area contributed by atoms with E-state index in [4.69, 9.17) is 9.52 Å². The van der Waals surface area contributed by atoms with Crippen molar-refractivity contribution in [3.05, 3.63) is 47.7 Å². The fourth-order valence-corrected chi connectivity index (χ4v) is 3.21. The average molecular weight is 386 g/mol. The number of hydrogen-bond acceptors (Lipinski definition) is 3. The Bertz CT molecular complexity index is 736. The predicted octanol–water partition coefficient (Wildman–Crippen LogP) is 5.58. The minimum Gasteiger partial charge on any atom is -0.481 e. The van der Waals surface area contributed by atoms with E-state index in [2.05, 4.69) is 5.32 Å². The standard InChI is InChI=1S/C23H31NO4/c1-18-20(17-21(28-18)19-13-9-8-10-14-19)23(27)24-16-12-7-5-3-2-4-6-11-15-22(25)26/h8-10,13-14,17H,2-7,11-12,15-16H2,1H3,(H,24,27)(H,25,26). The van der Waals surface area contributed by atoms with Crippen molar-refractivity contribution >= 4 is 11.9 Å². The first-order chi connectivity index (χ1) is 13.6. The minimum absolute atomic E-state index is 0.0816. The summed E-state index contributed by atoms with van der Waals surface area (Å²) in [5, 5.41) is 11.6. The Morgan fingerprint density at radius 3 is 2.18 bits per heavy atom. The molecule has 2 N–H and O–H groups in total. The molecule has 0 aliphatic heterocycles. The van der Waals surface area contributed by atoms with Crippen molar-refractivity contribution in [3.63, 3.8) is 0 Å². The van der Waals surface area contributed by atoms with Crippen LogP contribution in [0.3, 0.4) is 0 Å². The zero-order valence-corrected chi connectivity index (χ0v) is 16.7. The molecule has 0 fully saturated rings. The third kappa shape index (κ3) is 7.59. The van der Waals surface area contributed by atoms with E-state index in [1.165, 1.54) is 6.42 Å². The predicted molar refractivity (Wildman–Crippen MR) is 110 cm³/mol. The summed E-state index contributed by atoms with van der Waals surface area (Å²) in [6.45, 7) is 2.49. The summed E-state index contributed by atoms with van der Waals surface area (Å²) in [5.74, 6) is 0.566. The minimum atomic E-state index is -0.705. The summed E-state index contributed by atoms with van der Waals surface area (Å²) < 4.78 is 5.74. The molecule has 28 heavy (non-hydrogen) atoms. The number of furan rings is 1. The van der Waals surface area contributed by atoms with E-state index in [0.717, 1.165) is 50.5 Å². The molecule has 0 spiro atoms. The van der Waals surface area contributed by atoms with E-state index in [-0.39, 0.29) is 12.3 Å². The summed E-state index contributed by atoms with van der Waals surface area (Å²) in [5.41, 5.74) is 1.56. The Morgan fingerprint density at radius 2 is 1.54 bits per heavy atom. The quantitative estimate of drug-likeness (QED) is 0.441. The molecule has 0 aliphatic carbocycles. The van der Waals surface area contributed by atoms with Crippen molar-refractivity contribution < 1.29 is 19.1 Å². The van der Waals surface area contributed by atoms with Crippen molar-refractivity contribution in [2.24, 2.45) is 0 Å². The van der Waals surface area contributed by atoms with Crippen LogP contribution in [0.2, 0.25) is 0 Å². The zero-order chi connectivity index (χ0) is 20.2. The number of nitrogens with one attached hydrogen (secondary N) is 1. The molecule has 0 saturated heterocycles. The molecule has 0 bridgehead atoms. The highest BCUT2D eigenvalue weighted by molar-refractivity contribution is 5.96. The molecule has 0 unspecified atom stereocenters. The van der Waals surface area contributed by atoms with E-state index < -0.39 is 5.97 Å². The normalized spacial score (nSPS) is 10.8. The van der Waals surface area contributed by atoms with Crippen LogP contribution in [0.4, 0.5) is 0 Å². The highest BCUT2D eigenvalue weighted by Gasteiger charge is 2.15. The third-order valence-corrected chi connectivity index (χ3v) is 4.82. The molecule has 0 saturated carbocycles. The van der Waals surface area contributed by atoms with Gasteiger partial charge in [0, 0.05) is 18.5 Å². The SMILES string of the molecule is Cc1oc(-c2ccccc2)cc1C(=O)NCCCCCCCCCCC(=O)O. The van der Waals surface area contributed by atoms with E-state index >= 15 is 0 Å². The first-order valence-electron chi connectivity index (χ1n) is 10.2. The van der Waals surface area contributed by atoms with Crippen LogP contribution in [-0.4, -0.2) is 23.5 Å². The van der Waals surface area contributed by atoms with E-state index in [9.17, 15) is 9.59 Å². The van der Waals surface area contributed by atoms with Gasteiger partial charge in [-0.25, -0.2) is 0 Å². The van der Waals surface area contributed by atoms with Crippen LogP contribution < -0.4 is 5.32 Å². The highest BCUT2D eigenvalue weighted by Crippen LogP contribution is 2.25. The molecular formula is C23H31NO4. The van der Waals surface area contributed by atoms with Crippen LogP contribution in [0.5, 0.6) is 0 Å². The molecule has 1 amide bonds. The van der Waals surface area contributed by atoms with Gasteiger partial charge >= 0.3 is 5.97 Å². The molecule has 5 nitrogen and oxygen atoms in total. The molecular weight excluding hydrogens is 354 g/mol. The first-order valence-corrected chi connectivity index (χ1v) is 10.2. The summed E-state index contributed by atoms with van der Waals surface area (Å²) >= 11 is 0. The van der Waals surface area contributed by atoms with E-state index in [1.807, 2.05) is 43.3 Å². The third-order valence-electron chi connectivity index (χ3n) is 4.82. The van der Waals surface area contributed by atoms with Gasteiger partial charge in [0.15, 0.2) is 0 Å². The van der Waals surface area contributed by atoms with Crippen molar-refractivity contribution in [1.82, 2.24) is 5.32 Å². The Balaban J connectivity index is 1.58. The number of rotatable bonds is 13. The Morgan fingerprint density at radius 1 is 0.929 bits per heavy atom. The number of carbonyl (C=O) groups is 2. The van der Waals surface area contributed by atoms with Crippen LogP contribution in [0, 0.1) is 6.92 Å². The molecule has 2 aromatic rings. The van der Waals surface area contributed by atoms with E-state index in [1.54, 1.807) is 0 Å². The second-order valence-corrected chi connectivity index (χ2v) is 7.17. The van der Waals surface area contributed by atoms with Gasteiger partial charge in [-0.15, -0.1) is 0 Å². The van der Waals surface area contributed by atoms with Crippen LogP contribution >= 0.6 is 0 Å². The lowest BCUT2D eigenvalue weighted by molar-refractivity contribution is -0.137. The lowest BCUT2D eigenvalue weighted by atomic mass is 10.1. The van der Waals surface area contributed by atoms with Crippen LogP contribution in [0.15, 0.2) is 40.8 Å². The van der Waals surface area contributed by atoms with Gasteiger partial charge in [-0.1, -0.05) is 68.9 Å². The largest absolute Gasteiger partial charge is 0.481 e. The van der Waals surface area contributed by atoms with Gasteiger partial charge in [-0.2, -0.15) is 0 Å². The zero-order valence-electron chi connectivity index (χ0n) is 16.7. The number of aryl methyl sites for hydroxylation is 1. The number of unbranched alkanes of at least 4 members (excludes halogenated alkanes) is 7. The second-order valence-electron chi connectivity index (χ2n) is 7.17. The van der Waals surface area contributed by atoms with Crippen molar-refractivity contribution in [1.29, 1.82) is 0 Å². The van der Waals surface area contributed by atoms with Gasteiger partial charge in [0.25, 0.3) is 5.91 Å². The van der Waals surface area contributed by atoms with Crippen molar-refractivity contribution in [2.75, 3.05) is 6.54 Å². The molecule has 0 radical (unpaired) electrons. The van der Waals surface area contributed by atoms with Crippen molar-refractivity contribution in [3.8, 4) is 11.3 Å². The lowest BCUT2D eigenvalue weighted by Crippen LogP contribution is -2.24. The maximum atomic E-state index is 12.4. The fraction of sp³-hybridized carbons (Fsp3) is 0.478. The first kappa shape index (κ1) is 21.7. The second kappa shape index (κ2) is 12.0. The number of hydrogen-bond donors (Lipinski definition) is 2. The molecule has 0 atom stereocenters. The molecule has 2 rings (SSSR count). The number of amides is 1. The number of benzene rings is 1. The van der Waals surface area contributed by atoms with Crippen LogP contribution in [0.1, 0.15) is 73.9 Å². The van der Waals surface area contributed by atoms with Gasteiger partial charge in [0.05, 0.1) is 5.56 Å². The summed E-state index contributed by atoms with van der Waals surface area (Å²) in [6, 6.07) is 11.6. The molecule has 1 aromatic carbocycles. The Labute approximate surface area is 167 Å². The van der Waals surface area contributed by atoms with Crippen molar-refractivity contribution in [2.45, 2.75) is 64.7 Å². The molecule has 1 aromatic heterocycles. The smallest absolute Gasteiger partial charge is 0.303 e. The maximum absolute atomic E-state index is 12.4. The molecule has 152 valence electrons. The summed E-state index contributed by atoms with van der Waals surface area (Å²) in [7, 11) is 0. The van der Waals surface area contributed by atoms with Gasteiger partial charge < -0.3 is 14.8 Å². The average Bonchev–Trinajstić information content (AvgIpc) is 3.08. The Hall–Kier alpha value is -2.56. The molecule has 0 aliphatic rings. The topological polar surface area (TPSA) is 79.5 Å². The van der Waals surface area contributed by atoms with Crippen LogP contribution in [-0.2, 0) is 4.79 Å². The number of aliphatic carboxylic acids is 1. The number of carbonyl (C=O) groups excluding carboxylic acids is 1. The summed E-state index contributed by atoms with van der Waals surface area (Å²) in [6.07, 6.45) is 8.69. The fourth-order valence-electron chi connectivity index (χ4n) is 3.21. The van der Waals surface area contributed by atoms with Gasteiger partial charge in [-0.05, 0) is 25.8 Å². The Kier molecular flexibility index (Phi) is 9.32.